The van der Waals surface area contributed by atoms with Gasteiger partial charge in [-0.1, -0.05) is 60.7 Å². The molecule has 8 nitrogen and oxygen atoms in total. The van der Waals surface area contributed by atoms with E-state index in [1.54, 1.807) is 0 Å². The van der Waals surface area contributed by atoms with Gasteiger partial charge in [0, 0.05) is 42.8 Å². The SMILES string of the molecule is Cc1cccc2cccc(N3CCc4c(nc(OC[C@@H]5CCCN5C)nc4N(C)CCCN=C=NCCCc4ccccc4)C3)c12. The molecule has 1 fully saturated rings. The molecule has 1 saturated heterocycles. The highest BCUT2D eigenvalue weighted by atomic mass is 16.5. The molecule has 1 aromatic heterocycles. The Balaban J connectivity index is 1.13. The molecule has 0 N–H and O–H groups in total. The lowest BCUT2D eigenvalue weighted by Gasteiger charge is -2.33. The number of rotatable bonds is 13. The summed E-state index contributed by atoms with van der Waals surface area (Å²) < 4.78 is 6.32. The van der Waals surface area contributed by atoms with E-state index in [1.807, 2.05) is 0 Å². The Labute approximate surface area is 273 Å². The third-order valence-corrected chi connectivity index (χ3v) is 9.38. The molecule has 0 unspecified atom stereocenters. The molecule has 0 aliphatic carbocycles. The minimum absolute atomic E-state index is 0.411. The van der Waals surface area contributed by atoms with Crippen LogP contribution in [0.2, 0.25) is 0 Å². The van der Waals surface area contributed by atoms with Crippen LogP contribution >= 0.6 is 0 Å². The first-order valence-corrected chi connectivity index (χ1v) is 16.9. The standard InChI is InChI=1S/C38H47N7O/c1-29-12-7-16-31-17-8-19-35(36(29)31)45-25-20-33-34(26-45)41-38(46-27-32-18-10-23-43(32)2)42-37(33)44(3)24-11-22-40-28-39-21-9-15-30-13-5-4-6-14-30/h4-8,12-14,16-17,19,32H,9-11,15,18,20-27H2,1-3H3/t32-/m0/s1. The van der Waals surface area contributed by atoms with E-state index >= 15 is 0 Å². The lowest BCUT2D eigenvalue weighted by atomic mass is 10.00. The van der Waals surface area contributed by atoms with Crippen molar-refractivity contribution in [1.82, 2.24) is 14.9 Å². The maximum absolute atomic E-state index is 6.32. The molecule has 0 spiro atoms. The lowest BCUT2D eigenvalue weighted by Crippen LogP contribution is -2.34. The third-order valence-electron chi connectivity index (χ3n) is 9.38. The molecule has 46 heavy (non-hydrogen) atoms. The highest BCUT2D eigenvalue weighted by Crippen LogP contribution is 2.35. The van der Waals surface area contributed by atoms with Gasteiger partial charge in [-0.2, -0.15) is 9.97 Å². The maximum Gasteiger partial charge on any atom is 0.318 e. The summed E-state index contributed by atoms with van der Waals surface area (Å²) in [5.41, 5.74) is 6.20. The van der Waals surface area contributed by atoms with Crippen molar-refractivity contribution in [2.45, 2.75) is 58.0 Å². The molecule has 8 heteroatoms. The molecule has 1 atom stereocenters. The zero-order valence-electron chi connectivity index (χ0n) is 27.7. The van der Waals surface area contributed by atoms with Gasteiger partial charge in [0.15, 0.2) is 0 Å². The fraction of sp³-hybridized carbons (Fsp3) is 0.447. The van der Waals surface area contributed by atoms with Crippen molar-refractivity contribution in [2.24, 2.45) is 9.98 Å². The van der Waals surface area contributed by atoms with Crippen LogP contribution in [0.25, 0.3) is 10.8 Å². The number of likely N-dealkylation sites (N-methyl/N-ethyl adjacent to an activating group) is 1. The molecule has 0 amide bonds. The van der Waals surface area contributed by atoms with Gasteiger partial charge in [-0.25, -0.2) is 9.98 Å². The van der Waals surface area contributed by atoms with Gasteiger partial charge in [-0.15, -0.1) is 0 Å². The highest BCUT2D eigenvalue weighted by molar-refractivity contribution is 5.97. The van der Waals surface area contributed by atoms with E-state index in [2.05, 4.69) is 118 Å². The van der Waals surface area contributed by atoms with E-state index in [1.165, 1.54) is 39.6 Å². The second-order valence-corrected chi connectivity index (χ2v) is 12.7. The smallest absolute Gasteiger partial charge is 0.318 e. The predicted octanol–water partition coefficient (Wildman–Crippen LogP) is 6.61. The van der Waals surface area contributed by atoms with Crippen LogP contribution in [0.15, 0.2) is 76.7 Å². The van der Waals surface area contributed by atoms with E-state index in [0.717, 1.165) is 76.3 Å². The first kappa shape index (κ1) is 31.7. The summed E-state index contributed by atoms with van der Waals surface area (Å²) in [7, 11) is 4.30. The molecule has 0 saturated carbocycles. The maximum atomic E-state index is 6.32. The van der Waals surface area contributed by atoms with Crippen molar-refractivity contribution >= 4 is 28.3 Å². The summed E-state index contributed by atoms with van der Waals surface area (Å²) in [5.74, 6) is 0.979. The van der Waals surface area contributed by atoms with Crippen molar-refractivity contribution in [2.75, 3.05) is 63.2 Å². The first-order valence-electron chi connectivity index (χ1n) is 16.9. The summed E-state index contributed by atoms with van der Waals surface area (Å²) >= 11 is 0. The monoisotopic (exact) mass is 617 g/mol. The molecular formula is C38H47N7O. The van der Waals surface area contributed by atoms with E-state index in [9.17, 15) is 0 Å². The molecule has 3 aromatic carbocycles. The van der Waals surface area contributed by atoms with Crippen molar-refractivity contribution < 1.29 is 4.74 Å². The van der Waals surface area contributed by atoms with E-state index < -0.39 is 0 Å². The summed E-state index contributed by atoms with van der Waals surface area (Å²) in [5, 5.41) is 2.59. The Morgan fingerprint density at radius 3 is 2.57 bits per heavy atom. The van der Waals surface area contributed by atoms with Gasteiger partial charge in [0.05, 0.1) is 31.3 Å². The topological polar surface area (TPSA) is 69.5 Å². The number of aromatic nitrogens is 2. The molecule has 6 rings (SSSR count). The van der Waals surface area contributed by atoms with Crippen LogP contribution in [0.5, 0.6) is 6.01 Å². The number of ether oxygens (including phenoxy) is 1. The van der Waals surface area contributed by atoms with Crippen LogP contribution in [0.1, 0.15) is 48.1 Å². The van der Waals surface area contributed by atoms with Gasteiger partial charge in [-0.05, 0) is 81.6 Å². The summed E-state index contributed by atoms with van der Waals surface area (Å²) in [4.78, 5) is 25.9. The molecule has 4 aromatic rings. The van der Waals surface area contributed by atoms with Crippen molar-refractivity contribution in [1.29, 1.82) is 0 Å². The number of likely N-dealkylation sites (tertiary alicyclic amines) is 1. The summed E-state index contributed by atoms with van der Waals surface area (Å²) in [6.45, 7) is 7.86. The van der Waals surface area contributed by atoms with Crippen LogP contribution in [0.4, 0.5) is 11.5 Å². The Bertz CT molecular complexity index is 1660. The number of hydrogen-bond donors (Lipinski definition) is 0. The quantitative estimate of drug-likeness (QED) is 0.124. The van der Waals surface area contributed by atoms with E-state index in [0.29, 0.717) is 25.2 Å². The Morgan fingerprint density at radius 2 is 1.76 bits per heavy atom. The normalized spacial score (nSPS) is 16.2. The van der Waals surface area contributed by atoms with Crippen LogP contribution in [-0.4, -0.2) is 80.3 Å². The third kappa shape index (κ3) is 7.75. The van der Waals surface area contributed by atoms with Crippen LogP contribution in [0.3, 0.4) is 0 Å². The number of fused-ring (bicyclic) bond motifs is 2. The molecular weight excluding hydrogens is 570 g/mol. The molecule has 0 bridgehead atoms. The van der Waals surface area contributed by atoms with Gasteiger partial charge in [-0.3, -0.25) is 0 Å². The molecule has 3 heterocycles. The second-order valence-electron chi connectivity index (χ2n) is 12.7. The van der Waals surface area contributed by atoms with Crippen molar-refractivity contribution in [3.63, 3.8) is 0 Å². The second kappa shape index (κ2) is 15.4. The number of hydrogen-bond acceptors (Lipinski definition) is 8. The average Bonchev–Trinajstić information content (AvgIpc) is 3.50. The fourth-order valence-corrected chi connectivity index (χ4v) is 6.75. The highest BCUT2D eigenvalue weighted by Gasteiger charge is 2.27. The summed E-state index contributed by atoms with van der Waals surface area (Å²) in [6.07, 6.45) is 6.18. The number of benzene rings is 3. The molecule has 2 aliphatic rings. The predicted molar refractivity (Wildman–Crippen MR) is 189 cm³/mol. The Morgan fingerprint density at radius 1 is 0.957 bits per heavy atom. The van der Waals surface area contributed by atoms with Gasteiger partial charge >= 0.3 is 6.01 Å². The largest absolute Gasteiger partial charge is 0.462 e. The van der Waals surface area contributed by atoms with Crippen LogP contribution < -0.4 is 14.5 Å². The summed E-state index contributed by atoms with van der Waals surface area (Å²) in [6, 6.07) is 27.5. The minimum atomic E-state index is 0.411. The fourth-order valence-electron chi connectivity index (χ4n) is 6.75. The Kier molecular flexibility index (Phi) is 10.6. The first-order chi connectivity index (χ1) is 22.6. The van der Waals surface area contributed by atoms with Gasteiger partial charge in [0.25, 0.3) is 0 Å². The number of anilines is 2. The van der Waals surface area contributed by atoms with Gasteiger partial charge < -0.3 is 19.4 Å². The Hall–Kier alpha value is -4.26. The minimum Gasteiger partial charge on any atom is -0.462 e. The molecule has 240 valence electrons. The average molecular weight is 618 g/mol. The van der Waals surface area contributed by atoms with Gasteiger partial charge in [0.1, 0.15) is 12.4 Å². The van der Waals surface area contributed by atoms with Crippen molar-refractivity contribution in [3.05, 3.63) is 89.1 Å². The number of aliphatic imine (C=N–C) groups is 2. The molecule has 2 aliphatic heterocycles. The number of aryl methyl sites for hydroxylation is 2. The van der Waals surface area contributed by atoms with Crippen LogP contribution in [0, 0.1) is 6.92 Å². The number of nitrogens with zero attached hydrogens (tertiary/aromatic N) is 7. The van der Waals surface area contributed by atoms with E-state index in [4.69, 9.17) is 14.7 Å². The van der Waals surface area contributed by atoms with Crippen LogP contribution in [-0.2, 0) is 19.4 Å². The van der Waals surface area contributed by atoms with Gasteiger partial charge in [0.2, 0.25) is 0 Å². The lowest BCUT2D eigenvalue weighted by molar-refractivity contribution is 0.187. The zero-order chi connectivity index (χ0) is 31.7. The zero-order valence-corrected chi connectivity index (χ0v) is 27.7. The van der Waals surface area contributed by atoms with Crippen molar-refractivity contribution in [3.8, 4) is 6.01 Å². The van der Waals surface area contributed by atoms with E-state index in [-0.39, 0.29) is 0 Å². The molecule has 0 radical (unpaired) electrons.